The van der Waals surface area contributed by atoms with Crippen LogP contribution in [0.4, 0.5) is 5.69 Å². The Labute approximate surface area is 82.6 Å². The SMILES string of the molecule is NC(=S)Nc1ccc(CCO)cc1. The average molecular weight is 196 g/mol. The molecule has 4 heteroatoms. The Morgan fingerprint density at radius 1 is 1.38 bits per heavy atom. The Morgan fingerprint density at radius 2 is 2.00 bits per heavy atom. The lowest BCUT2D eigenvalue weighted by atomic mass is 10.1. The molecule has 0 fully saturated rings. The summed E-state index contributed by atoms with van der Waals surface area (Å²) >= 11 is 4.69. The van der Waals surface area contributed by atoms with Crippen molar-refractivity contribution >= 4 is 23.0 Å². The van der Waals surface area contributed by atoms with Crippen molar-refractivity contribution in [3.8, 4) is 0 Å². The van der Waals surface area contributed by atoms with Gasteiger partial charge < -0.3 is 16.2 Å². The van der Waals surface area contributed by atoms with Gasteiger partial charge in [-0.3, -0.25) is 0 Å². The number of aliphatic hydroxyl groups is 1. The van der Waals surface area contributed by atoms with Crippen LogP contribution in [0, 0.1) is 0 Å². The quantitative estimate of drug-likeness (QED) is 0.628. The first-order valence-electron chi connectivity index (χ1n) is 3.98. The van der Waals surface area contributed by atoms with Crippen LogP contribution >= 0.6 is 12.2 Å². The number of nitrogens with one attached hydrogen (secondary N) is 1. The maximum atomic E-state index is 8.68. The van der Waals surface area contributed by atoms with Crippen LogP contribution in [0.5, 0.6) is 0 Å². The van der Waals surface area contributed by atoms with Gasteiger partial charge in [0.25, 0.3) is 0 Å². The molecule has 0 unspecified atom stereocenters. The monoisotopic (exact) mass is 196 g/mol. The number of nitrogens with two attached hydrogens (primary N) is 1. The lowest BCUT2D eigenvalue weighted by Gasteiger charge is -2.04. The van der Waals surface area contributed by atoms with Gasteiger partial charge in [0.05, 0.1) is 0 Å². The summed E-state index contributed by atoms with van der Waals surface area (Å²) in [6.07, 6.45) is 0.674. The van der Waals surface area contributed by atoms with Crippen molar-refractivity contribution < 1.29 is 5.11 Å². The molecule has 70 valence electrons. The number of rotatable bonds is 3. The fourth-order valence-electron chi connectivity index (χ4n) is 1.03. The largest absolute Gasteiger partial charge is 0.396 e. The van der Waals surface area contributed by atoms with Gasteiger partial charge in [0.2, 0.25) is 0 Å². The molecule has 0 saturated carbocycles. The van der Waals surface area contributed by atoms with Gasteiger partial charge in [-0.1, -0.05) is 12.1 Å². The fraction of sp³-hybridized carbons (Fsp3) is 0.222. The lowest BCUT2D eigenvalue weighted by Crippen LogP contribution is -2.18. The molecule has 0 aliphatic rings. The summed E-state index contributed by atoms with van der Waals surface area (Å²) in [4.78, 5) is 0. The molecule has 0 saturated heterocycles. The molecule has 0 bridgehead atoms. The van der Waals surface area contributed by atoms with Crippen molar-refractivity contribution in [2.75, 3.05) is 11.9 Å². The second-order valence-electron chi connectivity index (χ2n) is 2.66. The van der Waals surface area contributed by atoms with E-state index >= 15 is 0 Å². The highest BCUT2D eigenvalue weighted by atomic mass is 32.1. The molecule has 0 spiro atoms. The van der Waals surface area contributed by atoms with E-state index in [1.54, 1.807) is 0 Å². The fourth-order valence-corrected chi connectivity index (χ4v) is 1.14. The van der Waals surface area contributed by atoms with Crippen LogP contribution in [-0.2, 0) is 6.42 Å². The van der Waals surface area contributed by atoms with E-state index in [0.29, 0.717) is 6.42 Å². The average Bonchev–Trinajstić information content (AvgIpc) is 2.08. The first kappa shape index (κ1) is 9.95. The molecule has 4 N–H and O–H groups in total. The molecular formula is C9H12N2OS. The van der Waals surface area contributed by atoms with E-state index in [4.69, 9.17) is 10.8 Å². The zero-order valence-electron chi connectivity index (χ0n) is 7.16. The van der Waals surface area contributed by atoms with Gasteiger partial charge in [-0.2, -0.15) is 0 Å². The molecule has 0 aliphatic carbocycles. The Hall–Kier alpha value is -1.13. The van der Waals surface area contributed by atoms with E-state index in [9.17, 15) is 0 Å². The van der Waals surface area contributed by atoms with Crippen LogP contribution in [-0.4, -0.2) is 16.8 Å². The maximum absolute atomic E-state index is 8.68. The van der Waals surface area contributed by atoms with E-state index in [2.05, 4.69) is 17.5 Å². The highest BCUT2D eigenvalue weighted by molar-refractivity contribution is 7.80. The van der Waals surface area contributed by atoms with Crippen molar-refractivity contribution in [1.82, 2.24) is 0 Å². The third-order valence-corrected chi connectivity index (χ3v) is 1.72. The summed E-state index contributed by atoms with van der Waals surface area (Å²) in [5.74, 6) is 0. The smallest absolute Gasteiger partial charge is 0.168 e. The number of benzene rings is 1. The normalized spacial score (nSPS) is 9.62. The third-order valence-electron chi connectivity index (χ3n) is 1.62. The van der Waals surface area contributed by atoms with Gasteiger partial charge in [-0.25, -0.2) is 0 Å². The van der Waals surface area contributed by atoms with Crippen LogP contribution in [0.3, 0.4) is 0 Å². The summed E-state index contributed by atoms with van der Waals surface area (Å²) in [5, 5.41) is 11.8. The number of hydrogen-bond donors (Lipinski definition) is 3. The molecule has 0 amide bonds. The molecular weight excluding hydrogens is 184 g/mol. The zero-order valence-corrected chi connectivity index (χ0v) is 7.97. The molecule has 1 aromatic rings. The van der Waals surface area contributed by atoms with Crippen molar-refractivity contribution in [3.63, 3.8) is 0 Å². The van der Waals surface area contributed by atoms with E-state index < -0.39 is 0 Å². The minimum absolute atomic E-state index is 0.169. The van der Waals surface area contributed by atoms with E-state index in [1.165, 1.54) is 0 Å². The topological polar surface area (TPSA) is 58.3 Å². The minimum atomic E-state index is 0.169. The highest BCUT2D eigenvalue weighted by Gasteiger charge is 1.94. The second-order valence-corrected chi connectivity index (χ2v) is 3.10. The van der Waals surface area contributed by atoms with Crippen LogP contribution < -0.4 is 11.1 Å². The predicted octanol–water partition coefficient (Wildman–Crippen LogP) is 0.877. The summed E-state index contributed by atoms with van der Waals surface area (Å²) in [7, 11) is 0. The molecule has 0 aliphatic heterocycles. The Balaban J connectivity index is 2.64. The van der Waals surface area contributed by atoms with Gasteiger partial charge >= 0.3 is 0 Å². The molecule has 3 nitrogen and oxygen atoms in total. The van der Waals surface area contributed by atoms with E-state index in [1.807, 2.05) is 24.3 Å². The van der Waals surface area contributed by atoms with Crippen molar-refractivity contribution in [1.29, 1.82) is 0 Å². The molecule has 13 heavy (non-hydrogen) atoms. The first-order valence-corrected chi connectivity index (χ1v) is 4.39. The van der Waals surface area contributed by atoms with Crippen LogP contribution in [0.1, 0.15) is 5.56 Å². The summed E-state index contributed by atoms with van der Waals surface area (Å²) in [6.45, 7) is 0.169. The second kappa shape index (κ2) is 4.79. The summed E-state index contributed by atoms with van der Waals surface area (Å²) < 4.78 is 0. The Kier molecular flexibility index (Phi) is 3.67. The molecule has 0 aromatic heterocycles. The highest BCUT2D eigenvalue weighted by Crippen LogP contribution is 2.09. The van der Waals surface area contributed by atoms with E-state index in [0.717, 1.165) is 11.3 Å². The number of aliphatic hydroxyl groups excluding tert-OH is 1. The number of anilines is 1. The zero-order chi connectivity index (χ0) is 9.68. The molecule has 1 rings (SSSR count). The lowest BCUT2D eigenvalue weighted by molar-refractivity contribution is 0.299. The maximum Gasteiger partial charge on any atom is 0.168 e. The van der Waals surface area contributed by atoms with Gasteiger partial charge in [0, 0.05) is 12.3 Å². The third kappa shape index (κ3) is 3.40. The predicted molar refractivity (Wildman–Crippen MR) is 57.6 cm³/mol. The van der Waals surface area contributed by atoms with Gasteiger partial charge in [-0.15, -0.1) is 0 Å². The molecule has 1 aromatic carbocycles. The van der Waals surface area contributed by atoms with Crippen molar-refractivity contribution in [2.45, 2.75) is 6.42 Å². The summed E-state index contributed by atoms with van der Waals surface area (Å²) in [6, 6.07) is 7.61. The Bertz CT molecular complexity index is 284. The Morgan fingerprint density at radius 3 is 2.46 bits per heavy atom. The molecule has 0 heterocycles. The number of thiocarbonyl (C=S) groups is 1. The first-order chi connectivity index (χ1) is 6.22. The van der Waals surface area contributed by atoms with Crippen LogP contribution in [0.15, 0.2) is 24.3 Å². The van der Waals surface area contributed by atoms with Crippen molar-refractivity contribution in [3.05, 3.63) is 29.8 Å². The van der Waals surface area contributed by atoms with E-state index in [-0.39, 0.29) is 11.7 Å². The van der Waals surface area contributed by atoms with Gasteiger partial charge in [0.1, 0.15) is 0 Å². The van der Waals surface area contributed by atoms with Crippen molar-refractivity contribution in [2.24, 2.45) is 5.73 Å². The standard InChI is InChI=1S/C9H12N2OS/c10-9(13)11-8-3-1-7(2-4-8)5-6-12/h1-4,12H,5-6H2,(H3,10,11,13). The van der Waals surface area contributed by atoms with Gasteiger partial charge in [-0.05, 0) is 36.3 Å². The summed E-state index contributed by atoms with van der Waals surface area (Å²) in [5.41, 5.74) is 7.26. The molecule has 0 atom stereocenters. The van der Waals surface area contributed by atoms with Crippen LogP contribution in [0.2, 0.25) is 0 Å². The number of hydrogen-bond acceptors (Lipinski definition) is 2. The minimum Gasteiger partial charge on any atom is -0.396 e. The van der Waals surface area contributed by atoms with Crippen LogP contribution in [0.25, 0.3) is 0 Å². The molecule has 0 radical (unpaired) electrons. The van der Waals surface area contributed by atoms with Gasteiger partial charge in [0.15, 0.2) is 5.11 Å².